The second kappa shape index (κ2) is 4.16. The van der Waals surface area contributed by atoms with Gasteiger partial charge in [-0.2, -0.15) is 16.9 Å². The summed E-state index contributed by atoms with van der Waals surface area (Å²) in [6, 6.07) is 2.11. The molecule has 0 atom stereocenters. The molecule has 1 aliphatic rings. The number of anilines is 1. The number of hydrogen-bond acceptors (Lipinski definition) is 4. The van der Waals surface area contributed by atoms with Gasteiger partial charge in [0.25, 0.3) is 0 Å². The second-order valence-electron chi connectivity index (χ2n) is 5.40. The van der Waals surface area contributed by atoms with Crippen molar-refractivity contribution in [3.8, 4) is 0 Å². The highest BCUT2D eigenvalue weighted by atomic mass is 32.2. The van der Waals surface area contributed by atoms with Gasteiger partial charge >= 0.3 is 0 Å². The molecule has 0 N–H and O–H groups in total. The molecule has 3 rings (SSSR count). The van der Waals surface area contributed by atoms with Crippen molar-refractivity contribution in [2.75, 3.05) is 23.7 Å². The van der Waals surface area contributed by atoms with Crippen LogP contribution >= 0.6 is 11.8 Å². The largest absolute Gasteiger partial charge is 0.353 e. The molecule has 0 unspecified atom stereocenters. The highest BCUT2D eigenvalue weighted by Gasteiger charge is 2.28. The van der Waals surface area contributed by atoms with Crippen LogP contribution in [0.5, 0.6) is 0 Å². The molecule has 4 nitrogen and oxygen atoms in total. The average Bonchev–Trinajstić information content (AvgIpc) is 2.67. The molecule has 0 spiro atoms. The van der Waals surface area contributed by atoms with Crippen molar-refractivity contribution in [2.24, 2.45) is 0 Å². The Morgan fingerprint density at radius 3 is 3.00 bits per heavy atom. The fraction of sp³-hybridized carbons (Fsp3) is 0.538. The number of hydrogen-bond donors (Lipinski definition) is 0. The molecule has 2 aromatic heterocycles. The van der Waals surface area contributed by atoms with Crippen LogP contribution in [0.4, 0.5) is 5.82 Å². The molecule has 0 bridgehead atoms. The van der Waals surface area contributed by atoms with Gasteiger partial charge in [0, 0.05) is 36.0 Å². The predicted octanol–water partition coefficient (Wildman–Crippen LogP) is 2.37. The Balaban J connectivity index is 2.03. The lowest BCUT2D eigenvalue weighted by molar-refractivity contribution is 0.642. The fourth-order valence-corrected chi connectivity index (χ4v) is 3.58. The van der Waals surface area contributed by atoms with Crippen LogP contribution in [0, 0.1) is 6.92 Å². The maximum atomic E-state index is 4.57. The molecule has 0 amide bonds. The van der Waals surface area contributed by atoms with Crippen LogP contribution in [0.25, 0.3) is 5.52 Å². The van der Waals surface area contributed by atoms with Crippen molar-refractivity contribution in [3.05, 3.63) is 24.2 Å². The van der Waals surface area contributed by atoms with Crippen molar-refractivity contribution in [1.29, 1.82) is 0 Å². The van der Waals surface area contributed by atoms with Crippen molar-refractivity contribution in [1.82, 2.24) is 14.6 Å². The van der Waals surface area contributed by atoms with E-state index in [0.717, 1.165) is 35.9 Å². The number of aryl methyl sites for hydroxylation is 1. The minimum atomic E-state index is 0.293. The molecule has 0 radical (unpaired) electrons. The van der Waals surface area contributed by atoms with Crippen LogP contribution in [0.1, 0.15) is 19.5 Å². The van der Waals surface area contributed by atoms with Gasteiger partial charge in [0.2, 0.25) is 0 Å². The van der Waals surface area contributed by atoms with Gasteiger partial charge in [-0.05, 0) is 26.8 Å². The van der Waals surface area contributed by atoms with E-state index in [1.807, 2.05) is 35.6 Å². The SMILES string of the molecule is Cc1cc2c(N3CCSC(C)(C)C3)nccn2n1. The third-order valence-electron chi connectivity index (χ3n) is 3.22. The van der Waals surface area contributed by atoms with Gasteiger partial charge < -0.3 is 4.90 Å². The maximum Gasteiger partial charge on any atom is 0.154 e. The first-order chi connectivity index (χ1) is 8.55. The lowest BCUT2D eigenvalue weighted by atomic mass is 10.2. The lowest BCUT2D eigenvalue weighted by Gasteiger charge is -2.38. The van der Waals surface area contributed by atoms with E-state index < -0.39 is 0 Å². The van der Waals surface area contributed by atoms with Gasteiger partial charge in [-0.25, -0.2) is 9.50 Å². The van der Waals surface area contributed by atoms with E-state index in [9.17, 15) is 0 Å². The van der Waals surface area contributed by atoms with E-state index in [4.69, 9.17) is 0 Å². The molecule has 5 heteroatoms. The van der Waals surface area contributed by atoms with Gasteiger partial charge in [-0.3, -0.25) is 0 Å². The summed E-state index contributed by atoms with van der Waals surface area (Å²) in [5.74, 6) is 2.22. The topological polar surface area (TPSA) is 33.4 Å². The number of aromatic nitrogens is 3. The van der Waals surface area contributed by atoms with Gasteiger partial charge in [0.05, 0.1) is 5.69 Å². The third kappa shape index (κ3) is 2.07. The molecule has 1 aliphatic heterocycles. The lowest BCUT2D eigenvalue weighted by Crippen LogP contribution is -2.43. The van der Waals surface area contributed by atoms with Gasteiger partial charge in [0.15, 0.2) is 5.82 Å². The Hall–Kier alpha value is -1.23. The summed E-state index contributed by atoms with van der Waals surface area (Å²) < 4.78 is 2.22. The Morgan fingerprint density at radius 1 is 1.39 bits per heavy atom. The zero-order chi connectivity index (χ0) is 12.8. The van der Waals surface area contributed by atoms with Crippen LogP contribution in [-0.2, 0) is 0 Å². The first kappa shape index (κ1) is 11.8. The smallest absolute Gasteiger partial charge is 0.154 e. The standard InChI is InChI=1S/C13H18N4S/c1-10-8-11-12(14-4-5-17(11)15-10)16-6-7-18-13(2,3)9-16/h4-5,8H,6-7,9H2,1-3H3. The van der Waals surface area contributed by atoms with Gasteiger partial charge in [-0.15, -0.1) is 0 Å². The van der Waals surface area contributed by atoms with E-state index in [2.05, 4.69) is 34.9 Å². The van der Waals surface area contributed by atoms with E-state index >= 15 is 0 Å². The molecule has 0 saturated carbocycles. The maximum absolute atomic E-state index is 4.57. The molecular formula is C13H18N4S. The molecule has 0 aliphatic carbocycles. The molecule has 96 valence electrons. The highest BCUT2D eigenvalue weighted by molar-refractivity contribution is 8.00. The van der Waals surface area contributed by atoms with Crippen LogP contribution < -0.4 is 4.90 Å². The summed E-state index contributed by atoms with van der Waals surface area (Å²) in [6.07, 6.45) is 3.75. The van der Waals surface area contributed by atoms with Crippen molar-refractivity contribution >= 4 is 23.1 Å². The predicted molar refractivity (Wildman–Crippen MR) is 76.5 cm³/mol. The Labute approximate surface area is 111 Å². The van der Waals surface area contributed by atoms with Crippen LogP contribution in [0.15, 0.2) is 18.5 Å². The summed E-state index contributed by atoms with van der Waals surface area (Å²) in [4.78, 5) is 6.95. The zero-order valence-corrected chi connectivity index (χ0v) is 11.9. The summed E-state index contributed by atoms with van der Waals surface area (Å²) in [5, 5.41) is 4.45. The summed E-state index contributed by atoms with van der Waals surface area (Å²) in [6.45, 7) is 8.71. The number of fused-ring (bicyclic) bond motifs is 1. The van der Waals surface area contributed by atoms with Gasteiger partial charge in [-0.1, -0.05) is 0 Å². The average molecular weight is 262 g/mol. The van der Waals surface area contributed by atoms with E-state index in [1.165, 1.54) is 0 Å². The van der Waals surface area contributed by atoms with Crippen molar-refractivity contribution in [3.63, 3.8) is 0 Å². The van der Waals surface area contributed by atoms with Crippen LogP contribution in [-0.4, -0.2) is 38.2 Å². The van der Waals surface area contributed by atoms with Crippen LogP contribution in [0.2, 0.25) is 0 Å². The van der Waals surface area contributed by atoms with Crippen molar-refractivity contribution < 1.29 is 0 Å². The Morgan fingerprint density at radius 2 is 2.22 bits per heavy atom. The summed E-state index contributed by atoms with van der Waals surface area (Å²) in [7, 11) is 0. The number of rotatable bonds is 1. The van der Waals surface area contributed by atoms with E-state index in [1.54, 1.807) is 0 Å². The molecular weight excluding hydrogens is 244 g/mol. The Bertz CT molecular complexity index is 575. The van der Waals surface area contributed by atoms with Gasteiger partial charge in [0.1, 0.15) is 5.52 Å². The monoisotopic (exact) mass is 262 g/mol. The molecule has 2 aromatic rings. The van der Waals surface area contributed by atoms with Crippen molar-refractivity contribution in [2.45, 2.75) is 25.5 Å². The molecule has 18 heavy (non-hydrogen) atoms. The van der Waals surface area contributed by atoms with E-state index in [0.29, 0.717) is 4.75 Å². The Kier molecular flexibility index (Phi) is 2.73. The highest BCUT2D eigenvalue weighted by Crippen LogP contribution is 2.32. The molecule has 1 saturated heterocycles. The molecule has 3 heterocycles. The quantitative estimate of drug-likeness (QED) is 0.790. The number of nitrogens with zero attached hydrogens (tertiary/aromatic N) is 4. The fourth-order valence-electron chi connectivity index (χ4n) is 2.47. The molecule has 1 fully saturated rings. The second-order valence-corrected chi connectivity index (χ2v) is 7.20. The summed E-state index contributed by atoms with van der Waals surface area (Å²) in [5.41, 5.74) is 2.15. The zero-order valence-electron chi connectivity index (χ0n) is 11.1. The minimum absolute atomic E-state index is 0.293. The van der Waals surface area contributed by atoms with E-state index in [-0.39, 0.29) is 0 Å². The summed E-state index contributed by atoms with van der Waals surface area (Å²) >= 11 is 2.04. The normalized spacial score (nSPS) is 19.4. The van der Waals surface area contributed by atoms with Crippen LogP contribution in [0.3, 0.4) is 0 Å². The third-order valence-corrected chi connectivity index (χ3v) is 4.51. The molecule has 0 aromatic carbocycles. The number of thioether (sulfide) groups is 1. The first-order valence-electron chi connectivity index (χ1n) is 6.25. The minimum Gasteiger partial charge on any atom is -0.353 e. The first-order valence-corrected chi connectivity index (χ1v) is 7.24.